The second-order valence-electron chi connectivity index (χ2n) is 4.52. The van der Waals surface area contributed by atoms with Crippen molar-refractivity contribution in [1.29, 1.82) is 0 Å². The van der Waals surface area contributed by atoms with Crippen molar-refractivity contribution in [3.8, 4) is 0 Å². The van der Waals surface area contributed by atoms with Gasteiger partial charge in [0.2, 0.25) is 0 Å². The molecule has 0 saturated heterocycles. The van der Waals surface area contributed by atoms with Gasteiger partial charge in [0, 0.05) is 16.5 Å². The molecule has 2 N–H and O–H groups in total. The van der Waals surface area contributed by atoms with Gasteiger partial charge in [-0.15, -0.1) is 5.11 Å². The van der Waals surface area contributed by atoms with Gasteiger partial charge in [-0.2, -0.15) is 5.11 Å². The quantitative estimate of drug-likeness (QED) is 0.448. The maximum Gasteiger partial charge on any atom is 0.0936 e. The molecule has 0 aliphatic heterocycles. The van der Waals surface area contributed by atoms with E-state index in [1.165, 1.54) is 0 Å². The minimum atomic E-state index is 0.454. The summed E-state index contributed by atoms with van der Waals surface area (Å²) in [4.78, 5) is 0. The first-order valence-corrected chi connectivity index (χ1v) is 7.05. The lowest BCUT2D eigenvalue weighted by Gasteiger charge is -2.04. The van der Waals surface area contributed by atoms with E-state index in [-0.39, 0.29) is 0 Å². The predicted octanol–water partition coefficient (Wildman–Crippen LogP) is 6.14. The maximum absolute atomic E-state index is 5.96. The number of halogens is 2. The van der Waals surface area contributed by atoms with E-state index in [2.05, 4.69) is 10.2 Å². The Balaban J connectivity index is 2.03. The summed E-state index contributed by atoms with van der Waals surface area (Å²) in [5, 5.41) is 11.4. The molecule has 0 fully saturated rings. The number of nitrogen functional groups attached to an aromatic ring is 1. The van der Waals surface area contributed by atoms with Crippen LogP contribution in [-0.2, 0) is 0 Å². The van der Waals surface area contributed by atoms with Crippen LogP contribution in [0.1, 0.15) is 0 Å². The van der Waals surface area contributed by atoms with E-state index in [1.54, 1.807) is 18.2 Å². The molecule has 0 radical (unpaired) electrons. The van der Waals surface area contributed by atoms with E-state index < -0.39 is 0 Å². The lowest BCUT2D eigenvalue weighted by Crippen LogP contribution is -1.86. The molecule has 5 heteroatoms. The minimum absolute atomic E-state index is 0.454. The smallest absolute Gasteiger partial charge is 0.0936 e. The lowest BCUT2D eigenvalue weighted by molar-refractivity contribution is 1.24. The molecule has 104 valence electrons. The number of nitrogens with zero attached hydrogens (tertiary/aromatic N) is 2. The molecule has 0 aliphatic carbocycles. The van der Waals surface area contributed by atoms with Gasteiger partial charge in [0.05, 0.1) is 21.4 Å². The summed E-state index contributed by atoms with van der Waals surface area (Å²) < 4.78 is 0. The third-order valence-corrected chi connectivity index (χ3v) is 3.85. The van der Waals surface area contributed by atoms with Crippen molar-refractivity contribution in [2.75, 3.05) is 5.73 Å². The first kappa shape index (κ1) is 13.9. The summed E-state index contributed by atoms with van der Waals surface area (Å²) in [6.45, 7) is 0. The van der Waals surface area contributed by atoms with Crippen LogP contribution in [0.5, 0.6) is 0 Å². The van der Waals surface area contributed by atoms with E-state index in [9.17, 15) is 0 Å². The number of azo groups is 1. The molecule has 0 aliphatic rings. The van der Waals surface area contributed by atoms with Gasteiger partial charge in [-0.25, -0.2) is 0 Å². The van der Waals surface area contributed by atoms with Crippen LogP contribution in [-0.4, -0.2) is 0 Å². The van der Waals surface area contributed by atoms with Gasteiger partial charge in [0.25, 0.3) is 0 Å². The predicted molar refractivity (Wildman–Crippen MR) is 89.0 cm³/mol. The van der Waals surface area contributed by atoms with Crippen LogP contribution in [0.15, 0.2) is 64.8 Å². The van der Waals surface area contributed by atoms with Crippen molar-refractivity contribution in [2.24, 2.45) is 10.2 Å². The third-order valence-electron chi connectivity index (χ3n) is 3.11. The van der Waals surface area contributed by atoms with Crippen molar-refractivity contribution in [3.05, 3.63) is 64.6 Å². The van der Waals surface area contributed by atoms with Gasteiger partial charge in [0.15, 0.2) is 0 Å². The van der Waals surface area contributed by atoms with Gasteiger partial charge in [-0.1, -0.05) is 47.5 Å². The molecule has 0 heterocycles. The van der Waals surface area contributed by atoms with Gasteiger partial charge in [-0.3, -0.25) is 0 Å². The van der Waals surface area contributed by atoms with E-state index in [4.69, 9.17) is 28.9 Å². The number of fused-ring (bicyclic) bond motifs is 1. The summed E-state index contributed by atoms with van der Waals surface area (Å²) in [5.41, 5.74) is 8.09. The molecule has 3 rings (SSSR count). The van der Waals surface area contributed by atoms with Crippen LogP contribution in [0, 0.1) is 0 Å². The zero-order valence-electron chi connectivity index (χ0n) is 10.9. The number of hydrogen-bond acceptors (Lipinski definition) is 3. The molecule has 0 atom stereocenters. The monoisotopic (exact) mass is 315 g/mol. The zero-order valence-corrected chi connectivity index (χ0v) is 12.4. The standard InChI is InChI=1S/C16H11Cl2N3/c17-13-6-5-10(9-14(13)18)20-21-16-8-7-15(19)11-3-1-2-4-12(11)16/h1-9H,19H2. The molecule has 0 saturated carbocycles. The van der Waals surface area contributed by atoms with Crippen molar-refractivity contribution < 1.29 is 0 Å². The largest absolute Gasteiger partial charge is 0.398 e. The summed E-state index contributed by atoms with van der Waals surface area (Å²) in [7, 11) is 0. The first-order valence-electron chi connectivity index (χ1n) is 6.29. The second kappa shape index (κ2) is 5.72. The van der Waals surface area contributed by atoms with Crippen molar-refractivity contribution in [3.63, 3.8) is 0 Å². The van der Waals surface area contributed by atoms with Crippen molar-refractivity contribution >= 4 is 51.0 Å². The molecule has 0 amide bonds. The minimum Gasteiger partial charge on any atom is -0.398 e. The van der Waals surface area contributed by atoms with Crippen LogP contribution in [0.25, 0.3) is 10.8 Å². The van der Waals surface area contributed by atoms with Crippen molar-refractivity contribution in [1.82, 2.24) is 0 Å². The second-order valence-corrected chi connectivity index (χ2v) is 5.33. The number of rotatable bonds is 2. The molecular formula is C16H11Cl2N3. The molecule has 0 bridgehead atoms. The molecule has 21 heavy (non-hydrogen) atoms. The highest BCUT2D eigenvalue weighted by Crippen LogP contribution is 2.32. The molecule has 3 aromatic carbocycles. The SMILES string of the molecule is Nc1ccc(N=Nc2ccc(Cl)c(Cl)c2)c2ccccc12. The van der Waals surface area contributed by atoms with Crippen LogP contribution < -0.4 is 5.73 Å². The van der Waals surface area contributed by atoms with Crippen LogP contribution >= 0.6 is 23.2 Å². The van der Waals surface area contributed by atoms with E-state index in [0.717, 1.165) is 22.1 Å². The Morgan fingerprint density at radius 1 is 0.762 bits per heavy atom. The number of hydrogen-bond donors (Lipinski definition) is 1. The van der Waals surface area contributed by atoms with Gasteiger partial charge >= 0.3 is 0 Å². The normalized spacial score (nSPS) is 11.3. The first-order chi connectivity index (χ1) is 10.1. The molecule has 0 unspecified atom stereocenters. The highest BCUT2D eigenvalue weighted by Gasteiger charge is 2.03. The molecule has 3 aromatic rings. The summed E-state index contributed by atoms with van der Waals surface area (Å²) >= 11 is 11.8. The van der Waals surface area contributed by atoms with Crippen LogP contribution in [0.3, 0.4) is 0 Å². The highest BCUT2D eigenvalue weighted by atomic mass is 35.5. The van der Waals surface area contributed by atoms with E-state index in [0.29, 0.717) is 15.7 Å². The van der Waals surface area contributed by atoms with Gasteiger partial charge < -0.3 is 5.73 Å². The molecule has 0 spiro atoms. The average molecular weight is 316 g/mol. The summed E-state index contributed by atoms with van der Waals surface area (Å²) in [6, 6.07) is 16.6. The molecular weight excluding hydrogens is 305 g/mol. The Morgan fingerprint density at radius 2 is 1.52 bits per heavy atom. The van der Waals surface area contributed by atoms with Crippen LogP contribution in [0.2, 0.25) is 10.0 Å². The Hall–Kier alpha value is -2.10. The van der Waals surface area contributed by atoms with Gasteiger partial charge in [-0.05, 0) is 30.3 Å². The average Bonchev–Trinajstić information content (AvgIpc) is 2.50. The van der Waals surface area contributed by atoms with Crippen LogP contribution in [0.4, 0.5) is 17.1 Å². The Labute approximate surface area is 132 Å². The fourth-order valence-corrected chi connectivity index (χ4v) is 2.34. The number of nitrogens with two attached hydrogens (primary N) is 1. The fourth-order valence-electron chi connectivity index (χ4n) is 2.05. The third kappa shape index (κ3) is 2.84. The summed E-state index contributed by atoms with van der Waals surface area (Å²) in [6.07, 6.45) is 0. The molecule has 3 nitrogen and oxygen atoms in total. The number of benzene rings is 3. The number of anilines is 1. The maximum atomic E-state index is 5.96. The zero-order chi connectivity index (χ0) is 14.8. The highest BCUT2D eigenvalue weighted by molar-refractivity contribution is 6.42. The Morgan fingerprint density at radius 3 is 2.29 bits per heavy atom. The summed E-state index contributed by atoms with van der Waals surface area (Å²) in [5.74, 6) is 0. The van der Waals surface area contributed by atoms with E-state index >= 15 is 0 Å². The van der Waals surface area contributed by atoms with Gasteiger partial charge in [0.1, 0.15) is 0 Å². The lowest BCUT2D eigenvalue weighted by atomic mass is 10.1. The Kier molecular flexibility index (Phi) is 3.78. The topological polar surface area (TPSA) is 50.7 Å². The molecule has 0 aromatic heterocycles. The Bertz CT molecular complexity index is 844. The fraction of sp³-hybridized carbons (Fsp3) is 0. The van der Waals surface area contributed by atoms with E-state index in [1.807, 2.05) is 36.4 Å². The van der Waals surface area contributed by atoms with Crippen molar-refractivity contribution in [2.45, 2.75) is 0 Å².